The van der Waals surface area contributed by atoms with E-state index in [1.165, 1.54) is 17.0 Å². The molecule has 64 heavy (non-hydrogen) atoms. The molecule has 0 radical (unpaired) electrons. The summed E-state index contributed by atoms with van der Waals surface area (Å²) in [7, 11) is 0. The molecule has 13 N–H and O–H groups in total. The van der Waals surface area contributed by atoms with Gasteiger partial charge in [0.25, 0.3) is 0 Å². The lowest BCUT2D eigenvalue weighted by atomic mass is 9.97. The van der Waals surface area contributed by atoms with Crippen molar-refractivity contribution in [3.05, 3.63) is 29.8 Å². The van der Waals surface area contributed by atoms with Crippen LogP contribution in [0.4, 0.5) is 0 Å². The van der Waals surface area contributed by atoms with Gasteiger partial charge in [0.05, 0.1) is 12.6 Å². The first-order valence-electron chi connectivity index (χ1n) is 22.3. The molecule has 0 bridgehead atoms. The van der Waals surface area contributed by atoms with Crippen molar-refractivity contribution in [3.8, 4) is 5.75 Å². The Morgan fingerprint density at radius 3 is 1.75 bits per heavy atom. The van der Waals surface area contributed by atoms with Crippen molar-refractivity contribution in [1.29, 1.82) is 0 Å². The van der Waals surface area contributed by atoms with Gasteiger partial charge >= 0.3 is 5.97 Å². The number of aliphatic hydroxyl groups is 1. The van der Waals surface area contributed by atoms with Crippen LogP contribution >= 0.6 is 0 Å². The van der Waals surface area contributed by atoms with E-state index in [9.17, 15) is 53.7 Å². The number of hydrogen-bond acceptors (Lipinski definition) is 12. The monoisotopic (exact) mass is 904 g/mol. The van der Waals surface area contributed by atoms with Crippen LogP contribution in [-0.2, 0) is 44.8 Å². The Bertz CT molecular complexity index is 1740. The molecule has 0 aliphatic carbocycles. The van der Waals surface area contributed by atoms with Crippen LogP contribution in [0.15, 0.2) is 24.3 Å². The fraction of sp³-hybridized carbons (Fsp3) is 0.682. The first kappa shape index (κ1) is 54.8. The fourth-order valence-electron chi connectivity index (χ4n) is 7.17. The second-order valence-electron chi connectivity index (χ2n) is 17.7. The molecule has 20 nitrogen and oxygen atoms in total. The van der Waals surface area contributed by atoms with E-state index in [0.29, 0.717) is 31.2 Å². The number of carboxylic acid groups (broad SMARTS) is 1. The van der Waals surface area contributed by atoms with Gasteiger partial charge < -0.3 is 63.6 Å². The highest BCUT2D eigenvalue weighted by Crippen LogP contribution is 2.20. The maximum Gasteiger partial charge on any atom is 0.326 e. The molecular formula is C44H73N9O11. The summed E-state index contributed by atoms with van der Waals surface area (Å²) in [4.78, 5) is 109. The number of aromatic hydroxyl groups is 1. The highest BCUT2D eigenvalue weighted by atomic mass is 16.4. The Morgan fingerprint density at radius 1 is 0.703 bits per heavy atom. The van der Waals surface area contributed by atoms with Crippen LogP contribution in [0.1, 0.15) is 99.5 Å². The van der Waals surface area contributed by atoms with Gasteiger partial charge in [-0.2, -0.15) is 0 Å². The van der Waals surface area contributed by atoms with Crippen LogP contribution < -0.4 is 43.4 Å². The first-order valence-corrected chi connectivity index (χ1v) is 22.3. The van der Waals surface area contributed by atoms with Crippen LogP contribution in [0, 0.1) is 23.7 Å². The molecule has 1 fully saturated rings. The number of carbonyl (C=O) groups is 8. The summed E-state index contributed by atoms with van der Waals surface area (Å²) >= 11 is 0. The number of rotatable bonds is 26. The van der Waals surface area contributed by atoms with Gasteiger partial charge in [0.1, 0.15) is 48.0 Å². The number of phenols is 1. The molecule has 0 saturated carbocycles. The van der Waals surface area contributed by atoms with Gasteiger partial charge in [-0.25, -0.2) is 4.79 Å². The number of benzene rings is 1. The Hall–Kier alpha value is -5.34. The van der Waals surface area contributed by atoms with Crippen LogP contribution in [0.3, 0.4) is 0 Å². The highest BCUT2D eigenvalue weighted by molar-refractivity contribution is 5.98. The van der Waals surface area contributed by atoms with Gasteiger partial charge in [-0.1, -0.05) is 73.9 Å². The van der Waals surface area contributed by atoms with E-state index in [0.717, 1.165) is 0 Å². The lowest BCUT2D eigenvalue weighted by Crippen LogP contribution is -2.61. The number of aliphatic carboxylic acids is 1. The molecule has 360 valence electrons. The van der Waals surface area contributed by atoms with E-state index in [1.807, 2.05) is 13.8 Å². The summed E-state index contributed by atoms with van der Waals surface area (Å²) < 4.78 is 0. The van der Waals surface area contributed by atoms with E-state index in [-0.39, 0.29) is 44.0 Å². The normalized spacial score (nSPS) is 17.6. The first-order chi connectivity index (χ1) is 30.1. The smallest absolute Gasteiger partial charge is 0.326 e. The van der Waals surface area contributed by atoms with Crippen molar-refractivity contribution in [2.75, 3.05) is 19.7 Å². The predicted molar refractivity (Wildman–Crippen MR) is 238 cm³/mol. The van der Waals surface area contributed by atoms with Gasteiger partial charge in [-0.15, -0.1) is 0 Å². The summed E-state index contributed by atoms with van der Waals surface area (Å²) in [6, 6.07) is -3.60. The largest absolute Gasteiger partial charge is 0.508 e. The molecule has 1 aromatic rings. The Labute approximate surface area is 376 Å². The van der Waals surface area contributed by atoms with E-state index in [1.54, 1.807) is 53.7 Å². The molecule has 0 spiro atoms. The molecule has 1 aliphatic rings. The average Bonchev–Trinajstić information content (AvgIpc) is 3.74. The van der Waals surface area contributed by atoms with Crippen molar-refractivity contribution in [3.63, 3.8) is 0 Å². The predicted octanol–water partition coefficient (Wildman–Crippen LogP) is -0.618. The molecule has 0 aromatic heterocycles. The molecule has 2 rings (SSSR count). The lowest BCUT2D eigenvalue weighted by Gasteiger charge is -2.31. The van der Waals surface area contributed by atoms with Gasteiger partial charge in [0.2, 0.25) is 41.4 Å². The third-order valence-corrected chi connectivity index (χ3v) is 11.5. The molecule has 1 heterocycles. The Kier molecular flexibility index (Phi) is 22.6. The molecule has 9 atom stereocenters. The number of hydrogen-bond donors (Lipinski definition) is 11. The summed E-state index contributed by atoms with van der Waals surface area (Å²) in [5.74, 6) is -7.77. The third kappa shape index (κ3) is 16.3. The van der Waals surface area contributed by atoms with Crippen LogP contribution in [0.5, 0.6) is 5.75 Å². The fourth-order valence-corrected chi connectivity index (χ4v) is 7.17. The number of phenolic OH excluding ortho intramolecular Hbond substituents is 1. The van der Waals surface area contributed by atoms with Crippen LogP contribution in [-0.4, -0.2) is 136 Å². The lowest BCUT2D eigenvalue weighted by molar-refractivity contribution is -0.145. The quantitative estimate of drug-likeness (QED) is 0.0518. The zero-order valence-corrected chi connectivity index (χ0v) is 38.5. The molecule has 1 aromatic carbocycles. The minimum atomic E-state index is -1.55. The van der Waals surface area contributed by atoms with Gasteiger partial charge in [0, 0.05) is 13.0 Å². The second kappa shape index (κ2) is 26.4. The number of aliphatic hydroxyl groups excluding tert-OH is 1. The van der Waals surface area contributed by atoms with E-state index >= 15 is 0 Å². The summed E-state index contributed by atoms with van der Waals surface area (Å²) in [5.41, 5.74) is 12.4. The van der Waals surface area contributed by atoms with Crippen LogP contribution in [0.2, 0.25) is 0 Å². The molecule has 20 heteroatoms. The van der Waals surface area contributed by atoms with Crippen molar-refractivity contribution in [2.45, 2.75) is 149 Å². The number of nitrogens with two attached hydrogens (primary N) is 2. The van der Waals surface area contributed by atoms with Crippen molar-refractivity contribution in [2.24, 2.45) is 35.1 Å². The number of carbonyl (C=O) groups excluding carboxylic acids is 7. The standard InChI is InChI=1S/C44H73N9O11/c1-9-26(8)33(46)40(59)51-34(23(2)3)41(60)48-30(21-27-15-17-28(55)18-16-27)38(57)47-29(13-10-11-19-45)37(56)49-31(22-54)43(62)53-20-12-14-32(53)39(58)50-35(24(4)5)42(61)52-36(25(6)7)44(63)64/h15-18,23-26,29-36,54-55H,9-14,19-22,45-46H2,1-8H3,(H,47,57)(H,48,60)(H,49,56)(H,50,58)(H,51,59)(H,52,61)(H,63,64)/t26-,29-,30-,31-,32-,33-,34-,35-,36-/m0/s1. The zero-order chi connectivity index (χ0) is 48.4. The van der Waals surface area contributed by atoms with Crippen LogP contribution in [0.25, 0.3) is 0 Å². The Balaban J connectivity index is 2.35. The second-order valence-corrected chi connectivity index (χ2v) is 17.7. The van der Waals surface area contributed by atoms with Gasteiger partial charge in [-0.3, -0.25) is 33.6 Å². The number of unbranched alkanes of at least 4 members (excludes halogenated alkanes) is 1. The number of amides is 7. The molecule has 7 amide bonds. The number of carboxylic acids is 1. The minimum absolute atomic E-state index is 0.0283. The van der Waals surface area contributed by atoms with E-state index < -0.39 is 120 Å². The van der Waals surface area contributed by atoms with Gasteiger partial charge in [0.15, 0.2) is 0 Å². The number of likely N-dealkylation sites (tertiary alicyclic amines) is 1. The molecule has 1 saturated heterocycles. The summed E-state index contributed by atoms with van der Waals surface area (Å²) in [5, 5.41) is 45.6. The molecular weight excluding hydrogens is 831 g/mol. The number of nitrogens with one attached hydrogen (secondary N) is 6. The van der Waals surface area contributed by atoms with Crippen molar-refractivity contribution >= 4 is 47.3 Å². The maximum atomic E-state index is 14.2. The van der Waals surface area contributed by atoms with Crippen molar-refractivity contribution in [1.82, 2.24) is 36.8 Å². The highest BCUT2D eigenvalue weighted by Gasteiger charge is 2.41. The van der Waals surface area contributed by atoms with Gasteiger partial charge in [-0.05, 0) is 80.0 Å². The zero-order valence-electron chi connectivity index (χ0n) is 38.5. The summed E-state index contributed by atoms with van der Waals surface area (Å²) in [6.45, 7) is 13.2. The third-order valence-electron chi connectivity index (χ3n) is 11.5. The van der Waals surface area contributed by atoms with Crippen molar-refractivity contribution < 1.29 is 53.7 Å². The molecule has 0 unspecified atom stereocenters. The summed E-state index contributed by atoms with van der Waals surface area (Å²) in [6.07, 6.45) is 2.02. The van der Waals surface area contributed by atoms with E-state index in [2.05, 4.69) is 31.9 Å². The number of nitrogens with zero attached hydrogens (tertiary/aromatic N) is 1. The van der Waals surface area contributed by atoms with E-state index in [4.69, 9.17) is 11.5 Å². The maximum absolute atomic E-state index is 14.2. The topological polar surface area (TPSA) is 325 Å². The average molecular weight is 904 g/mol. The minimum Gasteiger partial charge on any atom is -0.508 e. The molecule has 1 aliphatic heterocycles. The SMILES string of the molecule is CC[C@H](C)[C@H](N)C(=O)N[C@H](C(=O)N[C@@H](Cc1ccc(O)cc1)C(=O)N[C@@H](CCCCN)C(=O)N[C@@H](CO)C(=O)N1CCC[C@H]1C(=O)N[C@H](C(=O)N[C@H](C(=O)O)C(C)C)C(C)C)C(C)C. The Morgan fingerprint density at radius 2 is 1.22 bits per heavy atom.